The van der Waals surface area contributed by atoms with Crippen molar-refractivity contribution in [2.75, 3.05) is 6.61 Å². The Morgan fingerprint density at radius 1 is 1.50 bits per heavy atom. The van der Waals surface area contributed by atoms with Crippen LogP contribution in [0, 0.1) is 0 Å². The molecule has 2 nitrogen and oxygen atoms in total. The van der Waals surface area contributed by atoms with Crippen LogP contribution in [0.25, 0.3) is 0 Å². The molecule has 0 bridgehead atoms. The van der Waals surface area contributed by atoms with Crippen LogP contribution in [-0.4, -0.2) is 11.7 Å². The summed E-state index contributed by atoms with van der Waals surface area (Å²) in [6.45, 7) is 5.11. The molecule has 2 atom stereocenters. The average Bonchev–Trinajstić information content (AvgIpc) is 2.50. The molecule has 1 aliphatic heterocycles. The van der Waals surface area contributed by atoms with E-state index >= 15 is 0 Å². The third kappa shape index (κ3) is 2.22. The lowest BCUT2D eigenvalue weighted by molar-refractivity contribution is 0.167. The summed E-state index contributed by atoms with van der Waals surface area (Å²) in [5.74, 6) is 1.40. The van der Waals surface area contributed by atoms with Crippen LogP contribution in [0.1, 0.15) is 56.3 Å². The average molecular weight is 220 g/mol. The Morgan fingerprint density at radius 3 is 3.06 bits per heavy atom. The van der Waals surface area contributed by atoms with Crippen LogP contribution in [0.3, 0.4) is 0 Å². The molecule has 2 heteroatoms. The lowest BCUT2D eigenvalue weighted by Gasteiger charge is -2.15. The topological polar surface area (TPSA) is 29.5 Å². The predicted molar refractivity (Wildman–Crippen MR) is 64.8 cm³/mol. The van der Waals surface area contributed by atoms with Gasteiger partial charge in [0.2, 0.25) is 0 Å². The smallest absolute Gasteiger partial charge is 0.125 e. The van der Waals surface area contributed by atoms with Gasteiger partial charge in [-0.3, -0.25) is 0 Å². The second-order valence-electron chi connectivity index (χ2n) is 4.61. The van der Waals surface area contributed by atoms with Gasteiger partial charge < -0.3 is 9.84 Å². The predicted octanol–water partition coefficient (Wildman–Crippen LogP) is 3.41. The molecule has 1 aromatic rings. The first kappa shape index (κ1) is 11.5. The molecule has 1 aliphatic rings. The molecular formula is C14H20O2. The summed E-state index contributed by atoms with van der Waals surface area (Å²) < 4.78 is 5.63. The fourth-order valence-electron chi connectivity index (χ4n) is 2.12. The fourth-order valence-corrected chi connectivity index (χ4v) is 2.12. The quantitative estimate of drug-likeness (QED) is 0.827. The van der Waals surface area contributed by atoms with Gasteiger partial charge in [-0.1, -0.05) is 19.9 Å². The first-order chi connectivity index (χ1) is 7.72. The van der Waals surface area contributed by atoms with E-state index in [1.165, 1.54) is 5.56 Å². The molecule has 2 rings (SSSR count). The Labute approximate surface area is 97.3 Å². The molecule has 0 aromatic heterocycles. The van der Waals surface area contributed by atoms with Gasteiger partial charge in [-0.2, -0.15) is 0 Å². The lowest BCUT2D eigenvalue weighted by atomic mass is 9.94. The summed E-state index contributed by atoms with van der Waals surface area (Å²) >= 11 is 0. The molecule has 0 amide bonds. The molecule has 1 N–H and O–H groups in total. The van der Waals surface area contributed by atoms with E-state index in [4.69, 9.17) is 4.74 Å². The van der Waals surface area contributed by atoms with E-state index in [1.54, 1.807) is 0 Å². The van der Waals surface area contributed by atoms with Crippen LogP contribution >= 0.6 is 0 Å². The van der Waals surface area contributed by atoms with Crippen LogP contribution in [0.5, 0.6) is 5.75 Å². The minimum Gasteiger partial charge on any atom is -0.493 e. The van der Waals surface area contributed by atoms with Gasteiger partial charge in [0.25, 0.3) is 0 Å². The summed E-state index contributed by atoms with van der Waals surface area (Å²) in [6.07, 6.45) is 2.49. The van der Waals surface area contributed by atoms with Crippen molar-refractivity contribution in [2.45, 2.75) is 45.1 Å². The van der Waals surface area contributed by atoms with Crippen molar-refractivity contribution in [2.24, 2.45) is 0 Å². The molecule has 1 unspecified atom stereocenters. The maximum absolute atomic E-state index is 10.0. The molecule has 88 valence electrons. The van der Waals surface area contributed by atoms with E-state index in [2.05, 4.69) is 26.0 Å². The lowest BCUT2D eigenvalue weighted by Crippen LogP contribution is -2.00. The standard InChI is InChI=1S/C14H20O2/c1-3-10(2)11-6-7-14-12(9-11)13(15)5-4-8-16-14/h6-7,9-10,13,15H,3-5,8H2,1-2H3/t10?,13-/m1/s1. The van der Waals surface area contributed by atoms with Crippen molar-refractivity contribution in [3.05, 3.63) is 29.3 Å². The molecule has 0 aliphatic carbocycles. The maximum Gasteiger partial charge on any atom is 0.125 e. The summed E-state index contributed by atoms with van der Waals surface area (Å²) in [4.78, 5) is 0. The number of benzene rings is 1. The number of fused-ring (bicyclic) bond motifs is 1. The van der Waals surface area contributed by atoms with E-state index in [-0.39, 0.29) is 6.10 Å². The number of aliphatic hydroxyl groups is 1. The number of hydrogen-bond donors (Lipinski definition) is 1. The minimum atomic E-state index is -0.360. The molecule has 0 spiro atoms. The van der Waals surface area contributed by atoms with Crippen molar-refractivity contribution >= 4 is 0 Å². The summed E-state index contributed by atoms with van der Waals surface area (Å²) in [5, 5.41) is 10.0. The highest BCUT2D eigenvalue weighted by Gasteiger charge is 2.18. The Morgan fingerprint density at radius 2 is 2.31 bits per heavy atom. The van der Waals surface area contributed by atoms with E-state index in [9.17, 15) is 5.11 Å². The van der Waals surface area contributed by atoms with Crippen LogP contribution < -0.4 is 4.74 Å². The Balaban J connectivity index is 2.35. The highest BCUT2D eigenvalue weighted by atomic mass is 16.5. The molecule has 0 saturated heterocycles. The van der Waals surface area contributed by atoms with Crippen molar-refractivity contribution in [1.29, 1.82) is 0 Å². The Kier molecular flexibility index (Phi) is 3.49. The van der Waals surface area contributed by atoms with Gasteiger partial charge in [0.15, 0.2) is 0 Å². The van der Waals surface area contributed by atoms with Gasteiger partial charge in [-0.05, 0) is 42.9 Å². The summed E-state index contributed by atoms with van der Waals surface area (Å²) in [6, 6.07) is 6.23. The van der Waals surface area contributed by atoms with Gasteiger partial charge in [-0.15, -0.1) is 0 Å². The van der Waals surface area contributed by atoms with Crippen LogP contribution in [0.15, 0.2) is 18.2 Å². The van der Waals surface area contributed by atoms with E-state index in [1.807, 2.05) is 6.07 Å². The van der Waals surface area contributed by atoms with Crippen LogP contribution in [-0.2, 0) is 0 Å². The third-order valence-electron chi connectivity index (χ3n) is 3.45. The monoisotopic (exact) mass is 220 g/mol. The second-order valence-corrected chi connectivity index (χ2v) is 4.61. The van der Waals surface area contributed by atoms with Gasteiger partial charge in [-0.25, -0.2) is 0 Å². The van der Waals surface area contributed by atoms with Gasteiger partial charge >= 0.3 is 0 Å². The Bertz CT molecular complexity index is 360. The number of hydrogen-bond acceptors (Lipinski definition) is 2. The highest BCUT2D eigenvalue weighted by Crippen LogP contribution is 2.34. The zero-order valence-electron chi connectivity index (χ0n) is 10.1. The minimum absolute atomic E-state index is 0.360. The van der Waals surface area contributed by atoms with E-state index in [0.29, 0.717) is 12.5 Å². The molecular weight excluding hydrogens is 200 g/mol. The van der Waals surface area contributed by atoms with Gasteiger partial charge in [0.1, 0.15) is 5.75 Å². The first-order valence-corrected chi connectivity index (χ1v) is 6.17. The number of ether oxygens (including phenoxy) is 1. The number of rotatable bonds is 2. The SMILES string of the molecule is CCC(C)c1ccc2c(c1)[C@H](O)CCCO2. The molecule has 0 fully saturated rings. The molecule has 16 heavy (non-hydrogen) atoms. The van der Waals surface area contributed by atoms with E-state index in [0.717, 1.165) is 30.6 Å². The molecule has 0 saturated carbocycles. The largest absolute Gasteiger partial charge is 0.493 e. The Hall–Kier alpha value is -1.02. The van der Waals surface area contributed by atoms with Crippen LogP contribution in [0.4, 0.5) is 0 Å². The zero-order valence-corrected chi connectivity index (χ0v) is 10.1. The summed E-state index contributed by atoms with van der Waals surface area (Å²) in [7, 11) is 0. The summed E-state index contributed by atoms with van der Waals surface area (Å²) in [5.41, 5.74) is 2.26. The molecule has 0 radical (unpaired) electrons. The highest BCUT2D eigenvalue weighted by molar-refractivity contribution is 5.40. The zero-order chi connectivity index (χ0) is 11.5. The van der Waals surface area contributed by atoms with Crippen molar-refractivity contribution in [1.82, 2.24) is 0 Å². The molecule has 1 aromatic carbocycles. The third-order valence-corrected chi connectivity index (χ3v) is 3.45. The normalized spacial score (nSPS) is 21.8. The fraction of sp³-hybridized carbons (Fsp3) is 0.571. The van der Waals surface area contributed by atoms with Crippen LogP contribution in [0.2, 0.25) is 0 Å². The maximum atomic E-state index is 10.0. The molecule has 1 heterocycles. The van der Waals surface area contributed by atoms with Gasteiger partial charge in [0.05, 0.1) is 12.7 Å². The first-order valence-electron chi connectivity index (χ1n) is 6.17. The van der Waals surface area contributed by atoms with Crippen molar-refractivity contribution in [3.8, 4) is 5.75 Å². The van der Waals surface area contributed by atoms with Crippen molar-refractivity contribution in [3.63, 3.8) is 0 Å². The second kappa shape index (κ2) is 4.88. The van der Waals surface area contributed by atoms with E-state index < -0.39 is 0 Å². The number of aliphatic hydroxyl groups excluding tert-OH is 1. The van der Waals surface area contributed by atoms with Crippen molar-refractivity contribution < 1.29 is 9.84 Å². The van der Waals surface area contributed by atoms with Gasteiger partial charge in [0, 0.05) is 5.56 Å².